The normalized spacial score (nSPS) is 11.7. The first kappa shape index (κ1) is 14.3. The number of aryl methyl sites for hydroxylation is 3. The van der Waals surface area contributed by atoms with Gasteiger partial charge in [0.1, 0.15) is 0 Å². The quantitative estimate of drug-likeness (QED) is 0.591. The molecule has 0 saturated carbocycles. The van der Waals surface area contributed by atoms with Crippen LogP contribution < -0.4 is 8.96 Å². The summed E-state index contributed by atoms with van der Waals surface area (Å²) in [5, 5.41) is 0. The van der Waals surface area contributed by atoms with Crippen molar-refractivity contribution >= 4 is 17.7 Å². The van der Waals surface area contributed by atoms with Gasteiger partial charge in [0, 0.05) is 0 Å². The van der Waals surface area contributed by atoms with E-state index in [9.17, 15) is 0 Å². The molecule has 0 unspecified atom stereocenters. The van der Waals surface area contributed by atoms with Crippen molar-refractivity contribution in [2.45, 2.75) is 31.1 Å². The van der Waals surface area contributed by atoms with E-state index < -0.39 is 13.3 Å². The van der Waals surface area contributed by atoms with E-state index in [1.807, 2.05) is 0 Å². The molecule has 1 aromatic heterocycles. The topological polar surface area (TPSA) is 3.88 Å². The maximum absolute atomic E-state index is 2.45. The van der Waals surface area contributed by atoms with Crippen molar-refractivity contribution in [2.75, 3.05) is 0 Å². The molecule has 2 heteroatoms. The van der Waals surface area contributed by atoms with Crippen LogP contribution in [0.15, 0.2) is 36.5 Å². The van der Waals surface area contributed by atoms with Crippen LogP contribution in [0.25, 0.3) is 11.3 Å². The van der Waals surface area contributed by atoms with Gasteiger partial charge in [0.2, 0.25) is 0 Å². The number of hydrogen-bond donors (Lipinski definition) is 0. The average molecular weight is 315 g/mol. The predicted octanol–water partition coefficient (Wildman–Crippen LogP) is 3.34. The van der Waals surface area contributed by atoms with Crippen LogP contribution in [0.2, 0.25) is 17.3 Å². The molecule has 0 amide bonds. The second kappa shape index (κ2) is 5.12. The third-order valence-corrected chi connectivity index (χ3v) is 7.96. The van der Waals surface area contributed by atoms with Crippen LogP contribution in [0.4, 0.5) is 0 Å². The van der Waals surface area contributed by atoms with Gasteiger partial charge in [0.15, 0.2) is 0 Å². The molecule has 2 aromatic rings. The Hall–Kier alpha value is -1.09. The molecule has 0 aliphatic rings. The number of hydrogen-bond acceptors (Lipinski definition) is 0. The van der Waals surface area contributed by atoms with Crippen LogP contribution >= 0.6 is 0 Å². The average Bonchev–Trinajstić information content (AvgIpc) is 2.29. The molecule has 0 atom stereocenters. The van der Waals surface area contributed by atoms with E-state index in [-0.39, 0.29) is 0 Å². The predicted molar refractivity (Wildman–Crippen MR) is 85.5 cm³/mol. The molecule has 0 saturated heterocycles. The molecule has 0 fully saturated rings. The second-order valence-electron chi connectivity index (χ2n) is 6.48. The first-order chi connectivity index (χ1) is 8.79. The van der Waals surface area contributed by atoms with Crippen LogP contribution in [0, 0.1) is 13.8 Å². The van der Waals surface area contributed by atoms with Crippen LogP contribution in [-0.2, 0) is 7.05 Å². The molecule has 0 aliphatic heterocycles. The molecule has 2 rings (SSSR count). The Bertz CT molecular complexity index is 609. The standard InChI is InChI=1S/C17H24GeN/c1-13-7-8-16(14(2)11-13)17-12-15(18(3,4)5)9-10-19(17)6/h7-12H,1-6H3/q+1. The van der Waals surface area contributed by atoms with E-state index in [1.165, 1.54) is 22.4 Å². The minimum absolute atomic E-state index is 1.33. The van der Waals surface area contributed by atoms with Crippen molar-refractivity contribution < 1.29 is 4.57 Å². The molecule has 0 radical (unpaired) electrons. The second-order valence-corrected chi connectivity index (χ2v) is 17.1. The number of nitrogens with zero attached hydrogens (tertiary/aromatic N) is 1. The van der Waals surface area contributed by atoms with Gasteiger partial charge in [-0.1, -0.05) is 0 Å². The monoisotopic (exact) mass is 316 g/mol. The zero-order chi connectivity index (χ0) is 14.2. The van der Waals surface area contributed by atoms with E-state index in [4.69, 9.17) is 0 Å². The molecule has 100 valence electrons. The summed E-state index contributed by atoms with van der Waals surface area (Å²) in [4.78, 5) is 0. The summed E-state index contributed by atoms with van der Waals surface area (Å²) in [6.45, 7) is 4.35. The molecule has 1 nitrogen and oxygen atoms in total. The number of benzene rings is 1. The summed E-state index contributed by atoms with van der Waals surface area (Å²) in [7, 11) is 2.13. The molecular formula is C17H24GeN+. The van der Waals surface area contributed by atoms with E-state index >= 15 is 0 Å². The Labute approximate surface area is 119 Å². The first-order valence-electron chi connectivity index (χ1n) is 6.87. The molecule has 19 heavy (non-hydrogen) atoms. The molecule has 0 spiro atoms. The van der Waals surface area contributed by atoms with Crippen molar-refractivity contribution in [3.63, 3.8) is 0 Å². The van der Waals surface area contributed by atoms with Gasteiger partial charge in [-0.3, -0.25) is 0 Å². The fourth-order valence-electron chi connectivity index (χ4n) is 2.40. The van der Waals surface area contributed by atoms with Gasteiger partial charge < -0.3 is 0 Å². The minimum atomic E-state index is -1.77. The van der Waals surface area contributed by atoms with Crippen LogP contribution in [0.5, 0.6) is 0 Å². The van der Waals surface area contributed by atoms with E-state index in [0.29, 0.717) is 0 Å². The summed E-state index contributed by atoms with van der Waals surface area (Å²) in [6, 6.07) is 11.4. The first-order valence-corrected chi connectivity index (χ1v) is 14.2. The Morgan fingerprint density at radius 3 is 2.21 bits per heavy atom. The van der Waals surface area contributed by atoms with Crippen LogP contribution in [0.1, 0.15) is 11.1 Å². The van der Waals surface area contributed by atoms with Crippen LogP contribution in [-0.4, -0.2) is 13.3 Å². The summed E-state index contributed by atoms with van der Waals surface area (Å²) >= 11 is -1.77. The molecule has 0 aliphatic carbocycles. The van der Waals surface area contributed by atoms with Crippen molar-refractivity contribution in [3.8, 4) is 11.3 Å². The summed E-state index contributed by atoms with van der Waals surface area (Å²) in [5.74, 6) is 7.34. The summed E-state index contributed by atoms with van der Waals surface area (Å²) in [5.41, 5.74) is 5.36. The summed E-state index contributed by atoms with van der Waals surface area (Å²) < 4.78 is 3.79. The Balaban J connectivity index is 2.61. The fourth-order valence-corrected chi connectivity index (χ4v) is 4.81. The van der Waals surface area contributed by atoms with Gasteiger partial charge in [-0.15, -0.1) is 0 Å². The molecule has 0 bridgehead atoms. The number of aromatic nitrogens is 1. The third kappa shape index (κ3) is 3.09. The fraction of sp³-hybridized carbons (Fsp3) is 0.353. The van der Waals surface area contributed by atoms with E-state index in [0.717, 1.165) is 0 Å². The van der Waals surface area contributed by atoms with Crippen molar-refractivity contribution in [1.29, 1.82) is 0 Å². The van der Waals surface area contributed by atoms with Crippen molar-refractivity contribution in [1.82, 2.24) is 0 Å². The molecule has 1 heterocycles. The van der Waals surface area contributed by atoms with E-state index in [2.05, 4.69) is 79.3 Å². The zero-order valence-electron chi connectivity index (χ0n) is 12.9. The SMILES string of the molecule is Cc1ccc(-c2c[c]([Ge]([CH3])([CH3])[CH3])cc[n+]2C)c(C)c1. The van der Waals surface area contributed by atoms with Crippen LogP contribution in [0.3, 0.4) is 0 Å². The van der Waals surface area contributed by atoms with Crippen molar-refractivity contribution in [2.24, 2.45) is 7.05 Å². The Morgan fingerprint density at radius 2 is 1.63 bits per heavy atom. The van der Waals surface area contributed by atoms with Crippen molar-refractivity contribution in [3.05, 3.63) is 47.7 Å². The van der Waals surface area contributed by atoms with Gasteiger partial charge in [-0.25, -0.2) is 0 Å². The Kier molecular flexibility index (Phi) is 3.86. The maximum atomic E-state index is 2.45. The van der Waals surface area contributed by atoms with Gasteiger partial charge in [-0.05, 0) is 0 Å². The van der Waals surface area contributed by atoms with E-state index in [1.54, 1.807) is 4.40 Å². The Morgan fingerprint density at radius 1 is 0.947 bits per heavy atom. The summed E-state index contributed by atoms with van der Waals surface area (Å²) in [6.07, 6.45) is 2.21. The molecule has 1 aromatic carbocycles. The third-order valence-electron chi connectivity index (χ3n) is 3.67. The number of pyridine rings is 1. The van der Waals surface area contributed by atoms with Gasteiger partial charge in [0.05, 0.1) is 0 Å². The van der Waals surface area contributed by atoms with Gasteiger partial charge in [0.25, 0.3) is 0 Å². The molecule has 0 N–H and O–H groups in total. The van der Waals surface area contributed by atoms with Gasteiger partial charge >= 0.3 is 119 Å². The zero-order valence-corrected chi connectivity index (χ0v) is 15.0. The number of rotatable bonds is 2. The van der Waals surface area contributed by atoms with Gasteiger partial charge in [-0.2, -0.15) is 0 Å². The molecular weight excluding hydrogens is 291 g/mol.